The number of nitrogens with one attached hydrogen (secondary N) is 1. The second-order valence-electron chi connectivity index (χ2n) is 5.91. The monoisotopic (exact) mass is 357 g/mol. The molecule has 1 N–H and O–H groups in total. The summed E-state index contributed by atoms with van der Waals surface area (Å²) in [6, 6.07) is 15.2. The number of amides is 1. The van der Waals surface area contributed by atoms with Crippen molar-refractivity contribution in [2.75, 3.05) is 20.3 Å². The molecule has 0 aliphatic rings. The van der Waals surface area contributed by atoms with E-state index in [1.165, 1.54) is 5.56 Å². The predicted molar refractivity (Wildman–Crippen MR) is 102 cm³/mol. The molecule has 2 rings (SSSR count). The highest BCUT2D eigenvalue weighted by atomic mass is 16.5. The van der Waals surface area contributed by atoms with E-state index in [0.717, 1.165) is 24.3 Å². The van der Waals surface area contributed by atoms with Crippen molar-refractivity contribution in [3.05, 3.63) is 54.1 Å². The summed E-state index contributed by atoms with van der Waals surface area (Å²) >= 11 is 0. The van der Waals surface area contributed by atoms with Gasteiger partial charge in [0.25, 0.3) is 5.91 Å². The predicted octanol–water partition coefficient (Wildman–Crippen LogP) is 3.61. The number of benzene rings is 2. The summed E-state index contributed by atoms with van der Waals surface area (Å²) in [4.78, 5) is 12.1. The van der Waals surface area contributed by atoms with Crippen LogP contribution in [0.3, 0.4) is 0 Å². The first-order valence-electron chi connectivity index (χ1n) is 8.92. The number of aryl methyl sites for hydroxylation is 1. The maximum absolute atomic E-state index is 12.1. The molecule has 0 unspecified atom stereocenters. The Bertz CT molecular complexity index is 667. The Morgan fingerprint density at radius 3 is 2.23 bits per heavy atom. The fourth-order valence-electron chi connectivity index (χ4n) is 2.48. The maximum Gasteiger partial charge on any atom is 0.260 e. The van der Waals surface area contributed by atoms with Crippen molar-refractivity contribution in [2.45, 2.75) is 32.8 Å². The molecule has 0 aliphatic carbocycles. The Hall–Kier alpha value is -2.69. The van der Waals surface area contributed by atoms with Gasteiger partial charge in [0, 0.05) is 6.54 Å². The molecule has 1 amide bonds. The van der Waals surface area contributed by atoms with E-state index < -0.39 is 6.10 Å². The van der Waals surface area contributed by atoms with Crippen molar-refractivity contribution >= 4 is 5.91 Å². The lowest BCUT2D eigenvalue weighted by Gasteiger charge is -2.15. The Labute approximate surface area is 155 Å². The SMILES string of the molecule is CCOc1ccc(CCCNC(=O)[C@H](C)Oc2ccc(OC)cc2)cc1. The fraction of sp³-hybridized carbons (Fsp3) is 0.381. The van der Waals surface area contributed by atoms with Gasteiger partial charge in [-0.15, -0.1) is 0 Å². The number of carbonyl (C=O) groups is 1. The Morgan fingerprint density at radius 1 is 1.00 bits per heavy atom. The zero-order valence-corrected chi connectivity index (χ0v) is 15.7. The highest BCUT2D eigenvalue weighted by Crippen LogP contribution is 2.18. The Kier molecular flexibility index (Phi) is 7.80. The first-order chi connectivity index (χ1) is 12.6. The number of hydrogen-bond donors (Lipinski definition) is 1. The van der Waals surface area contributed by atoms with Gasteiger partial charge in [0.1, 0.15) is 17.2 Å². The first-order valence-corrected chi connectivity index (χ1v) is 8.92. The Balaban J connectivity index is 1.68. The summed E-state index contributed by atoms with van der Waals surface area (Å²) in [5.74, 6) is 2.16. The molecule has 0 heterocycles. The van der Waals surface area contributed by atoms with Crippen LogP contribution >= 0.6 is 0 Å². The lowest BCUT2D eigenvalue weighted by Crippen LogP contribution is -2.36. The molecule has 140 valence electrons. The van der Waals surface area contributed by atoms with E-state index >= 15 is 0 Å². The Morgan fingerprint density at radius 2 is 1.62 bits per heavy atom. The molecular weight excluding hydrogens is 330 g/mol. The molecule has 26 heavy (non-hydrogen) atoms. The average Bonchev–Trinajstić information content (AvgIpc) is 2.67. The van der Waals surface area contributed by atoms with Crippen molar-refractivity contribution < 1.29 is 19.0 Å². The van der Waals surface area contributed by atoms with E-state index in [2.05, 4.69) is 17.4 Å². The second kappa shape index (κ2) is 10.3. The topological polar surface area (TPSA) is 56.8 Å². The van der Waals surface area contributed by atoms with Gasteiger partial charge in [-0.2, -0.15) is 0 Å². The smallest absolute Gasteiger partial charge is 0.260 e. The van der Waals surface area contributed by atoms with Gasteiger partial charge in [0.05, 0.1) is 13.7 Å². The van der Waals surface area contributed by atoms with Crippen LogP contribution in [-0.4, -0.2) is 32.3 Å². The lowest BCUT2D eigenvalue weighted by molar-refractivity contribution is -0.127. The molecule has 0 bridgehead atoms. The van der Waals surface area contributed by atoms with Crippen molar-refractivity contribution in [2.24, 2.45) is 0 Å². The third-order valence-corrected chi connectivity index (χ3v) is 3.92. The van der Waals surface area contributed by atoms with Gasteiger partial charge in [-0.1, -0.05) is 12.1 Å². The molecule has 5 nitrogen and oxygen atoms in total. The number of ether oxygens (including phenoxy) is 3. The number of methoxy groups -OCH3 is 1. The van der Waals surface area contributed by atoms with Crippen molar-refractivity contribution in [3.8, 4) is 17.2 Å². The van der Waals surface area contributed by atoms with Crippen LogP contribution in [0.4, 0.5) is 0 Å². The minimum atomic E-state index is -0.547. The van der Waals surface area contributed by atoms with Gasteiger partial charge in [-0.3, -0.25) is 4.79 Å². The summed E-state index contributed by atoms with van der Waals surface area (Å²) in [7, 11) is 1.61. The molecule has 0 saturated carbocycles. The number of hydrogen-bond acceptors (Lipinski definition) is 4. The summed E-state index contributed by atoms with van der Waals surface area (Å²) in [5.41, 5.74) is 1.23. The standard InChI is InChI=1S/C21H27NO4/c1-4-25-19-9-7-17(8-10-19)6-5-15-22-21(23)16(2)26-20-13-11-18(24-3)12-14-20/h7-14,16H,4-6,15H2,1-3H3,(H,22,23)/t16-/m0/s1. The van der Waals surface area contributed by atoms with Gasteiger partial charge in [0.15, 0.2) is 6.10 Å². The van der Waals surface area contributed by atoms with Crippen molar-refractivity contribution in [1.82, 2.24) is 5.32 Å². The van der Waals surface area contributed by atoms with Crippen LogP contribution in [0.25, 0.3) is 0 Å². The van der Waals surface area contributed by atoms with Crippen LogP contribution in [0.15, 0.2) is 48.5 Å². The first kappa shape index (κ1) is 19.6. The van der Waals surface area contributed by atoms with Crippen LogP contribution in [0.2, 0.25) is 0 Å². The lowest BCUT2D eigenvalue weighted by atomic mass is 10.1. The van der Waals surface area contributed by atoms with Gasteiger partial charge in [-0.25, -0.2) is 0 Å². The third kappa shape index (κ3) is 6.31. The van der Waals surface area contributed by atoms with Gasteiger partial charge in [0.2, 0.25) is 0 Å². The van der Waals surface area contributed by atoms with Crippen molar-refractivity contribution in [1.29, 1.82) is 0 Å². The van der Waals surface area contributed by atoms with Crippen molar-refractivity contribution in [3.63, 3.8) is 0 Å². The summed E-state index contributed by atoms with van der Waals surface area (Å²) in [6.07, 6.45) is 1.23. The van der Waals surface area contributed by atoms with E-state index in [-0.39, 0.29) is 5.91 Å². The van der Waals surface area contributed by atoms with E-state index in [4.69, 9.17) is 14.2 Å². The van der Waals surface area contributed by atoms with E-state index in [0.29, 0.717) is 18.9 Å². The average molecular weight is 357 g/mol. The van der Waals surface area contributed by atoms with Crippen LogP contribution in [0, 0.1) is 0 Å². The zero-order chi connectivity index (χ0) is 18.8. The molecule has 5 heteroatoms. The summed E-state index contributed by atoms with van der Waals surface area (Å²) in [6.45, 7) is 4.99. The fourth-order valence-corrected chi connectivity index (χ4v) is 2.48. The third-order valence-electron chi connectivity index (χ3n) is 3.92. The molecule has 1 atom stereocenters. The van der Waals surface area contributed by atoms with Gasteiger partial charge >= 0.3 is 0 Å². The minimum absolute atomic E-state index is 0.118. The second-order valence-corrected chi connectivity index (χ2v) is 5.91. The number of carbonyl (C=O) groups excluding carboxylic acids is 1. The quantitative estimate of drug-likeness (QED) is 0.660. The van der Waals surface area contributed by atoms with Crippen LogP contribution in [0.1, 0.15) is 25.8 Å². The van der Waals surface area contributed by atoms with E-state index in [1.54, 1.807) is 38.3 Å². The highest BCUT2D eigenvalue weighted by Gasteiger charge is 2.13. The molecule has 2 aromatic carbocycles. The highest BCUT2D eigenvalue weighted by molar-refractivity contribution is 5.80. The normalized spacial score (nSPS) is 11.5. The number of rotatable bonds is 10. The molecule has 0 fully saturated rings. The molecule has 0 aromatic heterocycles. The largest absolute Gasteiger partial charge is 0.497 e. The van der Waals surface area contributed by atoms with E-state index in [9.17, 15) is 4.79 Å². The summed E-state index contributed by atoms with van der Waals surface area (Å²) < 4.78 is 16.2. The molecule has 0 spiro atoms. The summed E-state index contributed by atoms with van der Waals surface area (Å²) in [5, 5.41) is 2.91. The van der Waals surface area contributed by atoms with E-state index in [1.807, 2.05) is 19.1 Å². The maximum atomic E-state index is 12.1. The van der Waals surface area contributed by atoms with Crippen LogP contribution in [-0.2, 0) is 11.2 Å². The van der Waals surface area contributed by atoms with Gasteiger partial charge in [-0.05, 0) is 68.7 Å². The molecule has 0 aliphatic heterocycles. The minimum Gasteiger partial charge on any atom is -0.497 e. The van der Waals surface area contributed by atoms with Crippen LogP contribution < -0.4 is 19.5 Å². The molecule has 0 saturated heterocycles. The molecule has 2 aromatic rings. The van der Waals surface area contributed by atoms with Crippen LogP contribution in [0.5, 0.6) is 17.2 Å². The molecular formula is C21H27NO4. The zero-order valence-electron chi connectivity index (χ0n) is 15.7. The van der Waals surface area contributed by atoms with Gasteiger partial charge < -0.3 is 19.5 Å². The molecule has 0 radical (unpaired) electrons.